The van der Waals surface area contributed by atoms with Crippen molar-refractivity contribution in [2.45, 2.75) is 24.7 Å². The van der Waals surface area contributed by atoms with E-state index in [9.17, 15) is 31.3 Å². The average molecular weight is 496 g/mol. The highest BCUT2D eigenvalue weighted by Gasteiger charge is 2.53. The van der Waals surface area contributed by atoms with Crippen LogP contribution in [-0.2, 0) is 10.2 Å². The van der Waals surface area contributed by atoms with E-state index < -0.39 is 36.6 Å². The summed E-state index contributed by atoms with van der Waals surface area (Å²) in [6, 6.07) is 3.81. The van der Waals surface area contributed by atoms with E-state index in [1.807, 2.05) is 0 Å². The molecule has 3 N–H and O–H groups in total. The molecular weight excluding hydrogens is 484 g/mol. The van der Waals surface area contributed by atoms with Gasteiger partial charge in [-0.15, -0.1) is 11.3 Å². The highest BCUT2D eigenvalue weighted by atomic mass is 79.9. The number of hydrogen-bond donors (Lipinski definition) is 3. The zero-order valence-electron chi connectivity index (χ0n) is 13.2. The molecule has 0 saturated carbocycles. The summed E-state index contributed by atoms with van der Waals surface area (Å²) in [5.41, 5.74) is -4.39. The van der Waals surface area contributed by atoms with Crippen molar-refractivity contribution in [2.24, 2.45) is 0 Å². The van der Waals surface area contributed by atoms with Crippen LogP contribution in [0.4, 0.5) is 22.0 Å². The molecule has 0 spiro atoms. The Morgan fingerprint density at radius 2 is 1.85 bits per heavy atom. The quantitative estimate of drug-likeness (QED) is 0.300. The van der Waals surface area contributed by atoms with Crippen LogP contribution in [0.5, 0.6) is 0 Å². The highest BCUT2D eigenvalue weighted by Crippen LogP contribution is 2.62. The van der Waals surface area contributed by atoms with Crippen molar-refractivity contribution >= 4 is 50.9 Å². The molecule has 27 heavy (non-hydrogen) atoms. The van der Waals surface area contributed by atoms with Crippen LogP contribution in [0.3, 0.4) is 0 Å². The van der Waals surface area contributed by atoms with Gasteiger partial charge in [-0.1, -0.05) is 0 Å². The number of rotatable bonds is 6. The Bertz CT molecular complexity index is 911. The van der Waals surface area contributed by atoms with Crippen molar-refractivity contribution in [3.8, 4) is 0 Å². The van der Waals surface area contributed by atoms with Crippen molar-refractivity contribution in [3.05, 3.63) is 33.1 Å². The molecule has 0 aliphatic rings. The fourth-order valence-corrected chi connectivity index (χ4v) is 5.05. The normalized spacial score (nSPS) is 13.2. The van der Waals surface area contributed by atoms with Crippen molar-refractivity contribution in [1.82, 2.24) is 5.32 Å². The van der Waals surface area contributed by atoms with Crippen LogP contribution in [-0.4, -0.2) is 28.4 Å². The number of thiophene rings is 1. The molecule has 0 bridgehead atoms. The molecule has 0 aliphatic carbocycles. The van der Waals surface area contributed by atoms with E-state index in [0.29, 0.717) is 11.3 Å². The second-order valence-corrected chi connectivity index (χ2v) is 9.01. The van der Waals surface area contributed by atoms with E-state index in [4.69, 9.17) is 9.79 Å². The van der Waals surface area contributed by atoms with Gasteiger partial charge in [-0.3, -0.25) is 9.36 Å². The van der Waals surface area contributed by atoms with Gasteiger partial charge in [-0.25, -0.2) is 0 Å². The van der Waals surface area contributed by atoms with Gasteiger partial charge in [0.15, 0.2) is 0 Å². The summed E-state index contributed by atoms with van der Waals surface area (Å²) in [6.07, 6.45) is -5.69. The maximum atomic E-state index is 14.0. The van der Waals surface area contributed by atoms with Crippen molar-refractivity contribution in [3.63, 3.8) is 0 Å². The second kappa shape index (κ2) is 7.75. The molecule has 0 saturated heterocycles. The third-order valence-corrected chi connectivity index (χ3v) is 6.88. The second-order valence-electron chi connectivity index (χ2n) is 5.52. The molecule has 2 aromatic rings. The summed E-state index contributed by atoms with van der Waals surface area (Å²) in [6.45, 7) is -0.220. The standard InChI is InChI=1S/C14H12BrF5NO4PS/c15-10-8-6-7(12(22)21-5-1-4-13(16,17)18)2-3-9(8)27-11(10)14(19,20)26(23,24)25/h2-3,6H,1,4-5H2,(H,21,22)(H2,23,24,25). The van der Waals surface area contributed by atoms with Gasteiger partial charge >= 0.3 is 19.4 Å². The Labute approximate surface area is 161 Å². The van der Waals surface area contributed by atoms with Gasteiger partial charge in [0, 0.05) is 33.1 Å². The van der Waals surface area contributed by atoms with Gasteiger partial charge in [-0.2, -0.15) is 22.0 Å². The minimum absolute atomic E-state index is 0.0130. The molecule has 0 unspecified atom stereocenters. The highest BCUT2D eigenvalue weighted by molar-refractivity contribution is 9.10. The number of amides is 1. The SMILES string of the molecule is O=C(NCCCC(F)(F)F)c1ccc2sc(C(F)(F)P(=O)(O)O)c(Br)c2c1. The first-order valence-electron chi connectivity index (χ1n) is 7.25. The molecule has 1 aromatic heterocycles. The molecule has 5 nitrogen and oxygen atoms in total. The van der Waals surface area contributed by atoms with Crippen LogP contribution >= 0.6 is 34.9 Å². The predicted octanol–water partition coefficient (Wildman–Crippen LogP) is 4.96. The molecule has 1 heterocycles. The first-order chi connectivity index (χ1) is 12.2. The van der Waals surface area contributed by atoms with E-state index in [-0.39, 0.29) is 33.1 Å². The van der Waals surface area contributed by atoms with Gasteiger partial charge in [0.25, 0.3) is 5.91 Å². The van der Waals surface area contributed by atoms with Gasteiger partial charge in [-0.05, 0) is 40.5 Å². The lowest BCUT2D eigenvalue weighted by Gasteiger charge is -2.16. The lowest BCUT2D eigenvalue weighted by Crippen LogP contribution is -2.25. The maximum absolute atomic E-state index is 14.0. The zero-order valence-corrected chi connectivity index (χ0v) is 16.5. The fourth-order valence-electron chi connectivity index (χ4n) is 2.13. The summed E-state index contributed by atoms with van der Waals surface area (Å²) in [5.74, 6) is -0.694. The summed E-state index contributed by atoms with van der Waals surface area (Å²) < 4.78 is 75.2. The molecule has 0 radical (unpaired) electrons. The molecule has 13 heteroatoms. The number of fused-ring (bicyclic) bond motifs is 1. The van der Waals surface area contributed by atoms with Crippen LogP contribution in [0.25, 0.3) is 10.1 Å². The van der Waals surface area contributed by atoms with Crippen LogP contribution < -0.4 is 5.32 Å². The Morgan fingerprint density at radius 1 is 1.22 bits per heavy atom. The van der Waals surface area contributed by atoms with Crippen LogP contribution in [0, 0.1) is 0 Å². The summed E-state index contributed by atoms with van der Waals surface area (Å²) in [5, 5.41) is 2.42. The van der Waals surface area contributed by atoms with Crippen molar-refractivity contribution in [2.75, 3.05) is 6.54 Å². The summed E-state index contributed by atoms with van der Waals surface area (Å²) in [4.78, 5) is 28.9. The van der Waals surface area contributed by atoms with Gasteiger partial charge in [0.05, 0.1) is 0 Å². The molecule has 0 fully saturated rings. The van der Waals surface area contributed by atoms with Crippen LogP contribution in [0.1, 0.15) is 28.1 Å². The predicted molar refractivity (Wildman–Crippen MR) is 93.1 cm³/mol. The number of alkyl halides is 5. The molecular formula is C14H12BrF5NO4PS. The third kappa shape index (κ3) is 5.05. The molecule has 0 atom stereocenters. The van der Waals surface area contributed by atoms with E-state index in [0.717, 1.165) is 0 Å². The number of carbonyl (C=O) groups is 1. The van der Waals surface area contributed by atoms with E-state index >= 15 is 0 Å². The molecule has 150 valence electrons. The lowest BCUT2D eigenvalue weighted by atomic mass is 10.1. The molecule has 1 amide bonds. The monoisotopic (exact) mass is 495 g/mol. The van der Waals surface area contributed by atoms with Gasteiger partial charge in [0.1, 0.15) is 4.88 Å². The zero-order chi connectivity index (χ0) is 20.6. The fraction of sp³-hybridized carbons (Fsp3) is 0.357. The first-order valence-corrected chi connectivity index (χ1v) is 10.5. The minimum atomic E-state index is -5.76. The summed E-state index contributed by atoms with van der Waals surface area (Å²) >= 11 is 3.34. The Balaban J connectivity index is 2.24. The number of carbonyl (C=O) groups excluding carboxylic acids is 1. The van der Waals surface area contributed by atoms with Crippen LogP contribution in [0.15, 0.2) is 22.7 Å². The van der Waals surface area contributed by atoms with Crippen molar-refractivity contribution < 1.29 is 41.1 Å². The number of nitrogens with one attached hydrogen (secondary N) is 1. The smallest absolute Gasteiger partial charge is 0.352 e. The Hall–Kier alpha value is -1.07. The lowest BCUT2D eigenvalue weighted by molar-refractivity contribution is -0.135. The van der Waals surface area contributed by atoms with Gasteiger partial charge in [0.2, 0.25) is 0 Å². The largest absolute Gasteiger partial charge is 0.400 e. The molecule has 0 aliphatic heterocycles. The number of hydrogen-bond acceptors (Lipinski definition) is 3. The Morgan fingerprint density at radius 3 is 2.41 bits per heavy atom. The average Bonchev–Trinajstić information content (AvgIpc) is 2.86. The maximum Gasteiger partial charge on any atom is 0.400 e. The topological polar surface area (TPSA) is 86.6 Å². The molecule has 2 rings (SSSR count). The van der Waals surface area contributed by atoms with E-state index in [1.54, 1.807) is 0 Å². The third-order valence-electron chi connectivity index (χ3n) is 3.45. The Kier molecular flexibility index (Phi) is 6.38. The number of benzene rings is 1. The van der Waals surface area contributed by atoms with Gasteiger partial charge < -0.3 is 15.1 Å². The van der Waals surface area contributed by atoms with Crippen molar-refractivity contribution in [1.29, 1.82) is 0 Å². The first kappa shape index (κ1) is 22.2. The van der Waals surface area contributed by atoms with E-state index in [1.165, 1.54) is 18.2 Å². The summed E-state index contributed by atoms with van der Waals surface area (Å²) in [7, 11) is -5.76. The van der Waals surface area contributed by atoms with Crippen LogP contribution in [0.2, 0.25) is 0 Å². The number of halogens is 6. The van der Waals surface area contributed by atoms with E-state index in [2.05, 4.69) is 21.2 Å². The minimum Gasteiger partial charge on any atom is -0.352 e. The molecule has 1 aromatic carbocycles.